The minimum absolute atomic E-state index is 0.0497. The fourth-order valence-corrected chi connectivity index (χ4v) is 3.50. The predicted molar refractivity (Wildman–Crippen MR) is 121 cm³/mol. The Bertz CT molecular complexity index is 812. The second kappa shape index (κ2) is 12.2. The Kier molecular flexibility index (Phi) is 9.65. The third kappa shape index (κ3) is 6.57. The third-order valence-electron chi connectivity index (χ3n) is 4.01. The van der Waals surface area contributed by atoms with Gasteiger partial charge in [0, 0.05) is 16.0 Å². The van der Waals surface area contributed by atoms with Crippen molar-refractivity contribution in [1.29, 1.82) is 0 Å². The molecule has 156 valence electrons. The number of ketones is 1. The summed E-state index contributed by atoms with van der Waals surface area (Å²) >= 11 is 1.80. The number of hydrogen-bond acceptors (Lipinski definition) is 5. The highest BCUT2D eigenvalue weighted by Crippen LogP contribution is 2.41. The number of benzene rings is 2. The van der Waals surface area contributed by atoms with Crippen molar-refractivity contribution in [2.24, 2.45) is 0 Å². The van der Waals surface area contributed by atoms with Gasteiger partial charge in [0.05, 0.1) is 19.8 Å². The van der Waals surface area contributed by atoms with Crippen LogP contribution in [0.3, 0.4) is 0 Å². The summed E-state index contributed by atoms with van der Waals surface area (Å²) < 4.78 is 17.3. The van der Waals surface area contributed by atoms with Crippen molar-refractivity contribution < 1.29 is 19.0 Å². The molecule has 5 heteroatoms. The van der Waals surface area contributed by atoms with E-state index in [4.69, 9.17) is 14.2 Å². The molecule has 29 heavy (non-hydrogen) atoms. The Labute approximate surface area is 178 Å². The highest BCUT2D eigenvalue weighted by molar-refractivity contribution is 7.99. The minimum atomic E-state index is -0.0497. The van der Waals surface area contributed by atoms with E-state index in [1.54, 1.807) is 23.9 Å². The van der Waals surface area contributed by atoms with E-state index in [0.717, 1.165) is 17.7 Å². The van der Waals surface area contributed by atoms with E-state index in [2.05, 4.69) is 6.92 Å². The van der Waals surface area contributed by atoms with Crippen LogP contribution in [0.25, 0.3) is 6.08 Å². The zero-order valence-corrected chi connectivity index (χ0v) is 18.5. The van der Waals surface area contributed by atoms with E-state index < -0.39 is 0 Å². The highest BCUT2D eigenvalue weighted by atomic mass is 32.2. The summed E-state index contributed by atoms with van der Waals surface area (Å²) in [5, 5.41) is 0. The summed E-state index contributed by atoms with van der Waals surface area (Å²) in [6.45, 7) is 9.43. The number of thioether (sulfide) groups is 1. The summed E-state index contributed by atoms with van der Waals surface area (Å²) in [5.41, 5.74) is 1.44. The molecule has 0 aromatic heterocycles. The van der Waals surface area contributed by atoms with Gasteiger partial charge in [-0.25, -0.2) is 0 Å². The van der Waals surface area contributed by atoms with Gasteiger partial charge in [-0.2, -0.15) is 0 Å². The van der Waals surface area contributed by atoms with E-state index in [0.29, 0.717) is 42.6 Å². The zero-order valence-electron chi connectivity index (χ0n) is 17.7. The molecule has 0 aliphatic carbocycles. The molecule has 0 spiro atoms. The lowest BCUT2D eigenvalue weighted by Gasteiger charge is -2.17. The van der Waals surface area contributed by atoms with Crippen LogP contribution in [-0.2, 0) is 0 Å². The Morgan fingerprint density at radius 2 is 1.52 bits per heavy atom. The van der Waals surface area contributed by atoms with Gasteiger partial charge < -0.3 is 14.2 Å². The van der Waals surface area contributed by atoms with Gasteiger partial charge in [0.1, 0.15) is 0 Å². The Morgan fingerprint density at radius 1 is 0.862 bits per heavy atom. The lowest BCUT2D eigenvalue weighted by Crippen LogP contribution is -2.04. The van der Waals surface area contributed by atoms with Crippen LogP contribution in [0, 0.1) is 0 Å². The fraction of sp³-hybridized carbons (Fsp3) is 0.375. The van der Waals surface area contributed by atoms with Gasteiger partial charge in [0.2, 0.25) is 5.75 Å². The SMILES string of the molecule is CCCSc1ccc(C(=O)C=Cc2ccc(OCC)c(OCC)c2OCC)cc1. The summed E-state index contributed by atoms with van der Waals surface area (Å²) in [6.07, 6.45) is 4.47. The smallest absolute Gasteiger partial charge is 0.204 e. The van der Waals surface area contributed by atoms with E-state index in [1.165, 1.54) is 4.90 Å². The van der Waals surface area contributed by atoms with Gasteiger partial charge in [0.15, 0.2) is 17.3 Å². The van der Waals surface area contributed by atoms with E-state index in [1.807, 2.05) is 57.2 Å². The molecule has 0 atom stereocenters. The Balaban J connectivity index is 2.25. The first-order valence-electron chi connectivity index (χ1n) is 10.1. The summed E-state index contributed by atoms with van der Waals surface area (Å²) in [5.74, 6) is 2.83. The number of rotatable bonds is 12. The molecule has 2 aromatic rings. The van der Waals surface area contributed by atoms with E-state index in [9.17, 15) is 4.79 Å². The van der Waals surface area contributed by atoms with Crippen molar-refractivity contribution in [3.63, 3.8) is 0 Å². The standard InChI is InChI=1S/C24H30O4S/c1-5-17-29-20-13-9-18(10-14-20)21(25)15-11-19-12-16-22(26-6-2)24(28-8-4)23(19)27-7-3/h9-16H,5-8,17H2,1-4H3. The third-order valence-corrected chi connectivity index (χ3v) is 5.23. The van der Waals surface area contributed by atoms with Crippen LogP contribution in [0.4, 0.5) is 0 Å². The average Bonchev–Trinajstić information content (AvgIpc) is 2.74. The molecular weight excluding hydrogens is 384 g/mol. The topological polar surface area (TPSA) is 44.8 Å². The molecule has 0 bridgehead atoms. The van der Waals surface area contributed by atoms with Crippen LogP contribution in [0.15, 0.2) is 47.4 Å². The molecule has 0 saturated heterocycles. The maximum atomic E-state index is 12.6. The van der Waals surface area contributed by atoms with Gasteiger partial charge in [-0.3, -0.25) is 4.79 Å². The molecule has 0 radical (unpaired) electrons. The first-order chi connectivity index (χ1) is 14.1. The largest absolute Gasteiger partial charge is 0.490 e. The number of ether oxygens (including phenoxy) is 3. The fourth-order valence-electron chi connectivity index (χ4n) is 2.73. The summed E-state index contributed by atoms with van der Waals surface area (Å²) in [7, 11) is 0. The molecule has 2 rings (SSSR count). The van der Waals surface area contributed by atoms with Crippen LogP contribution < -0.4 is 14.2 Å². The van der Waals surface area contributed by atoms with Crippen molar-refractivity contribution >= 4 is 23.6 Å². The van der Waals surface area contributed by atoms with Crippen LogP contribution >= 0.6 is 11.8 Å². The van der Waals surface area contributed by atoms with Crippen molar-refractivity contribution in [2.75, 3.05) is 25.6 Å². The van der Waals surface area contributed by atoms with Crippen LogP contribution in [0.1, 0.15) is 50.0 Å². The molecule has 0 aliphatic rings. The molecule has 2 aromatic carbocycles. The molecule has 0 N–H and O–H groups in total. The van der Waals surface area contributed by atoms with Gasteiger partial charge >= 0.3 is 0 Å². The average molecular weight is 415 g/mol. The highest BCUT2D eigenvalue weighted by Gasteiger charge is 2.16. The van der Waals surface area contributed by atoms with E-state index in [-0.39, 0.29) is 5.78 Å². The summed E-state index contributed by atoms with van der Waals surface area (Å²) in [4.78, 5) is 13.8. The molecule has 0 heterocycles. The molecule has 0 amide bonds. The molecule has 0 fully saturated rings. The number of carbonyl (C=O) groups is 1. The van der Waals surface area contributed by atoms with Gasteiger partial charge in [-0.1, -0.05) is 6.92 Å². The van der Waals surface area contributed by atoms with Crippen molar-refractivity contribution in [3.8, 4) is 17.2 Å². The first kappa shape index (κ1) is 22.9. The van der Waals surface area contributed by atoms with Gasteiger partial charge in [-0.05, 0) is 81.5 Å². The normalized spacial score (nSPS) is 10.9. The van der Waals surface area contributed by atoms with Crippen LogP contribution in [-0.4, -0.2) is 31.4 Å². The van der Waals surface area contributed by atoms with Crippen molar-refractivity contribution in [2.45, 2.75) is 39.0 Å². The van der Waals surface area contributed by atoms with Crippen molar-refractivity contribution in [1.82, 2.24) is 0 Å². The maximum absolute atomic E-state index is 12.6. The monoisotopic (exact) mass is 414 g/mol. The quantitative estimate of drug-likeness (QED) is 0.232. The predicted octanol–water partition coefficient (Wildman–Crippen LogP) is 6.28. The zero-order chi connectivity index (χ0) is 21.1. The number of hydrogen-bond donors (Lipinski definition) is 0. The lowest BCUT2D eigenvalue weighted by atomic mass is 10.1. The maximum Gasteiger partial charge on any atom is 0.204 e. The second-order valence-corrected chi connectivity index (χ2v) is 7.35. The Morgan fingerprint density at radius 3 is 2.14 bits per heavy atom. The Hall–Kier alpha value is -2.40. The summed E-state index contributed by atoms with van der Waals surface area (Å²) in [6, 6.07) is 11.5. The van der Waals surface area contributed by atoms with E-state index >= 15 is 0 Å². The molecule has 0 unspecified atom stereocenters. The number of carbonyl (C=O) groups excluding carboxylic acids is 1. The van der Waals surface area contributed by atoms with Gasteiger partial charge in [-0.15, -0.1) is 11.8 Å². The van der Waals surface area contributed by atoms with Crippen molar-refractivity contribution in [3.05, 3.63) is 53.6 Å². The molecule has 0 saturated carbocycles. The second-order valence-electron chi connectivity index (χ2n) is 6.18. The molecular formula is C24H30O4S. The molecule has 0 aliphatic heterocycles. The van der Waals surface area contributed by atoms with Crippen LogP contribution in [0.5, 0.6) is 17.2 Å². The molecule has 4 nitrogen and oxygen atoms in total. The minimum Gasteiger partial charge on any atom is -0.490 e. The van der Waals surface area contributed by atoms with Gasteiger partial charge in [0.25, 0.3) is 0 Å². The van der Waals surface area contributed by atoms with Crippen LogP contribution in [0.2, 0.25) is 0 Å². The number of allylic oxidation sites excluding steroid dienone is 1. The lowest BCUT2D eigenvalue weighted by molar-refractivity contribution is 0.104. The first-order valence-corrected chi connectivity index (χ1v) is 11.1.